The van der Waals surface area contributed by atoms with Crippen LogP contribution in [0.15, 0.2) is 30.3 Å². The Balaban J connectivity index is 1.84. The predicted molar refractivity (Wildman–Crippen MR) is 88.5 cm³/mol. The third kappa shape index (κ3) is 6.33. The van der Waals surface area contributed by atoms with Crippen molar-refractivity contribution in [2.45, 2.75) is 76.7 Å². The van der Waals surface area contributed by atoms with Crippen molar-refractivity contribution in [1.82, 2.24) is 5.32 Å². The average molecular weight is 287 g/mol. The third-order valence-corrected chi connectivity index (χ3v) is 4.48. The minimum atomic E-state index is 0.0905. The van der Waals surface area contributed by atoms with E-state index >= 15 is 0 Å². The Morgan fingerprint density at radius 3 is 1.76 bits per heavy atom. The second kappa shape index (κ2) is 9.59. The lowest BCUT2D eigenvalue weighted by molar-refractivity contribution is 0.0931. The van der Waals surface area contributed by atoms with E-state index in [0.29, 0.717) is 6.04 Å². The van der Waals surface area contributed by atoms with E-state index in [1.54, 1.807) is 0 Å². The van der Waals surface area contributed by atoms with Gasteiger partial charge in [-0.3, -0.25) is 4.79 Å². The Morgan fingerprint density at radius 1 is 0.762 bits per heavy atom. The van der Waals surface area contributed by atoms with Crippen molar-refractivity contribution >= 4 is 5.91 Å². The fourth-order valence-electron chi connectivity index (χ4n) is 3.17. The standard InChI is InChI=1S/C19H29NO/c21-19(17-13-9-8-10-14-17)20-18-15-11-6-4-2-1-3-5-7-12-16-18/h8-10,13-14,18H,1-7,11-12,15-16H2,(H,20,21). The molecule has 1 N–H and O–H groups in total. The summed E-state index contributed by atoms with van der Waals surface area (Å²) in [6, 6.07) is 9.95. The maximum atomic E-state index is 12.3. The Labute approximate surface area is 129 Å². The first-order valence-electron chi connectivity index (χ1n) is 8.72. The van der Waals surface area contributed by atoms with Crippen molar-refractivity contribution < 1.29 is 4.79 Å². The highest BCUT2D eigenvalue weighted by molar-refractivity contribution is 5.94. The van der Waals surface area contributed by atoms with Gasteiger partial charge in [0.15, 0.2) is 0 Å². The van der Waals surface area contributed by atoms with Gasteiger partial charge in [0.1, 0.15) is 0 Å². The van der Waals surface area contributed by atoms with Crippen LogP contribution in [0.4, 0.5) is 0 Å². The van der Waals surface area contributed by atoms with Crippen molar-refractivity contribution in [3.63, 3.8) is 0 Å². The predicted octanol–water partition coefficient (Wildman–Crippen LogP) is 5.09. The van der Waals surface area contributed by atoms with Gasteiger partial charge in [0.25, 0.3) is 5.91 Å². The fourth-order valence-corrected chi connectivity index (χ4v) is 3.17. The largest absolute Gasteiger partial charge is 0.349 e. The molecule has 1 aromatic rings. The van der Waals surface area contributed by atoms with Crippen LogP contribution in [0.3, 0.4) is 0 Å². The normalized spacial score (nSPS) is 19.2. The number of carbonyl (C=O) groups excluding carboxylic acids is 1. The molecule has 0 saturated heterocycles. The first-order chi connectivity index (χ1) is 10.4. The van der Waals surface area contributed by atoms with Gasteiger partial charge in [-0.1, -0.05) is 76.0 Å². The van der Waals surface area contributed by atoms with E-state index in [4.69, 9.17) is 0 Å². The lowest BCUT2D eigenvalue weighted by Gasteiger charge is -2.19. The molecule has 1 amide bonds. The fraction of sp³-hybridized carbons (Fsp3) is 0.632. The lowest BCUT2D eigenvalue weighted by Crippen LogP contribution is -2.34. The topological polar surface area (TPSA) is 29.1 Å². The molecule has 0 aromatic heterocycles. The zero-order valence-corrected chi connectivity index (χ0v) is 13.2. The van der Waals surface area contributed by atoms with Gasteiger partial charge in [0, 0.05) is 11.6 Å². The molecule has 0 atom stereocenters. The van der Waals surface area contributed by atoms with Crippen LogP contribution in [0.1, 0.15) is 81.0 Å². The van der Waals surface area contributed by atoms with E-state index in [1.807, 2.05) is 30.3 Å². The first kappa shape index (κ1) is 16.1. The molecule has 1 aromatic carbocycles. The first-order valence-corrected chi connectivity index (χ1v) is 8.72. The SMILES string of the molecule is O=C(NC1CCCCCCCCCCC1)c1ccccc1. The molecule has 2 rings (SSSR count). The highest BCUT2D eigenvalue weighted by atomic mass is 16.1. The van der Waals surface area contributed by atoms with E-state index in [1.165, 1.54) is 57.8 Å². The molecule has 21 heavy (non-hydrogen) atoms. The van der Waals surface area contributed by atoms with Gasteiger partial charge in [0.2, 0.25) is 0 Å². The third-order valence-electron chi connectivity index (χ3n) is 4.48. The van der Waals surface area contributed by atoms with Crippen LogP contribution in [0, 0.1) is 0 Å². The van der Waals surface area contributed by atoms with E-state index in [-0.39, 0.29) is 5.91 Å². The number of hydrogen-bond donors (Lipinski definition) is 1. The van der Waals surface area contributed by atoms with Gasteiger partial charge in [-0.05, 0) is 25.0 Å². The molecule has 116 valence electrons. The molecule has 0 spiro atoms. The lowest BCUT2D eigenvalue weighted by atomic mass is 9.97. The van der Waals surface area contributed by atoms with Crippen molar-refractivity contribution in [1.29, 1.82) is 0 Å². The second-order valence-electron chi connectivity index (χ2n) is 6.30. The zero-order chi connectivity index (χ0) is 14.8. The molecule has 0 aliphatic heterocycles. The molecule has 2 heteroatoms. The molecule has 0 radical (unpaired) electrons. The number of rotatable bonds is 2. The summed E-state index contributed by atoms with van der Waals surface area (Å²) in [5.74, 6) is 0.0905. The van der Waals surface area contributed by atoms with Crippen molar-refractivity contribution in [2.24, 2.45) is 0 Å². The Bertz CT molecular complexity index is 389. The Morgan fingerprint density at radius 2 is 1.24 bits per heavy atom. The number of hydrogen-bond acceptors (Lipinski definition) is 1. The van der Waals surface area contributed by atoms with Crippen LogP contribution >= 0.6 is 0 Å². The van der Waals surface area contributed by atoms with E-state index in [2.05, 4.69) is 5.32 Å². The molecule has 0 heterocycles. The number of nitrogens with one attached hydrogen (secondary N) is 1. The van der Waals surface area contributed by atoms with Gasteiger partial charge in [-0.2, -0.15) is 0 Å². The molecule has 2 nitrogen and oxygen atoms in total. The summed E-state index contributed by atoms with van der Waals surface area (Å²) < 4.78 is 0. The van der Waals surface area contributed by atoms with Crippen molar-refractivity contribution in [3.05, 3.63) is 35.9 Å². The Hall–Kier alpha value is -1.31. The minimum Gasteiger partial charge on any atom is -0.349 e. The van der Waals surface area contributed by atoms with Gasteiger partial charge < -0.3 is 5.32 Å². The van der Waals surface area contributed by atoms with Crippen LogP contribution < -0.4 is 5.32 Å². The summed E-state index contributed by atoms with van der Waals surface area (Å²) in [5.41, 5.74) is 0.781. The highest BCUT2D eigenvalue weighted by Gasteiger charge is 2.13. The quantitative estimate of drug-likeness (QED) is 0.806. The monoisotopic (exact) mass is 287 g/mol. The average Bonchev–Trinajstić information content (AvgIpc) is 2.51. The maximum Gasteiger partial charge on any atom is 0.251 e. The maximum absolute atomic E-state index is 12.3. The molecule has 0 bridgehead atoms. The van der Waals surface area contributed by atoms with Gasteiger partial charge >= 0.3 is 0 Å². The van der Waals surface area contributed by atoms with Gasteiger partial charge in [-0.15, -0.1) is 0 Å². The highest BCUT2D eigenvalue weighted by Crippen LogP contribution is 2.17. The summed E-state index contributed by atoms with van der Waals surface area (Å²) in [5, 5.41) is 3.25. The van der Waals surface area contributed by atoms with Crippen LogP contribution in [-0.4, -0.2) is 11.9 Å². The van der Waals surface area contributed by atoms with Crippen LogP contribution in [0.2, 0.25) is 0 Å². The molecule has 1 aliphatic rings. The van der Waals surface area contributed by atoms with E-state index in [0.717, 1.165) is 18.4 Å². The second-order valence-corrected chi connectivity index (χ2v) is 6.30. The van der Waals surface area contributed by atoms with Gasteiger partial charge in [-0.25, -0.2) is 0 Å². The molecule has 1 saturated carbocycles. The Kier molecular flexibility index (Phi) is 7.34. The number of benzene rings is 1. The smallest absolute Gasteiger partial charge is 0.251 e. The summed E-state index contributed by atoms with van der Waals surface area (Å²) in [6.07, 6.45) is 14.3. The molecular formula is C19H29NO. The van der Waals surface area contributed by atoms with Crippen LogP contribution in [-0.2, 0) is 0 Å². The van der Waals surface area contributed by atoms with E-state index in [9.17, 15) is 4.79 Å². The van der Waals surface area contributed by atoms with Gasteiger partial charge in [0.05, 0.1) is 0 Å². The zero-order valence-electron chi connectivity index (χ0n) is 13.2. The molecule has 1 aliphatic carbocycles. The number of amides is 1. The van der Waals surface area contributed by atoms with Crippen molar-refractivity contribution in [2.75, 3.05) is 0 Å². The summed E-state index contributed by atoms with van der Waals surface area (Å²) >= 11 is 0. The molecule has 0 unspecified atom stereocenters. The summed E-state index contributed by atoms with van der Waals surface area (Å²) in [6.45, 7) is 0. The molecular weight excluding hydrogens is 258 g/mol. The van der Waals surface area contributed by atoms with Crippen LogP contribution in [0.25, 0.3) is 0 Å². The molecule has 1 fully saturated rings. The van der Waals surface area contributed by atoms with E-state index < -0.39 is 0 Å². The minimum absolute atomic E-state index is 0.0905. The van der Waals surface area contributed by atoms with Crippen molar-refractivity contribution in [3.8, 4) is 0 Å². The number of carbonyl (C=O) groups is 1. The van der Waals surface area contributed by atoms with Crippen LogP contribution in [0.5, 0.6) is 0 Å². The summed E-state index contributed by atoms with van der Waals surface area (Å²) in [7, 11) is 0. The summed E-state index contributed by atoms with van der Waals surface area (Å²) in [4.78, 5) is 12.3.